The lowest BCUT2D eigenvalue weighted by Crippen LogP contribution is -2.35. The minimum atomic E-state index is -0.592. The van der Waals surface area contributed by atoms with Crippen molar-refractivity contribution in [2.75, 3.05) is 13.7 Å². The van der Waals surface area contributed by atoms with E-state index >= 15 is 0 Å². The van der Waals surface area contributed by atoms with Crippen LogP contribution < -0.4 is 5.32 Å². The first-order valence-corrected chi connectivity index (χ1v) is 4.92. The molecule has 1 aromatic carbocycles. The van der Waals surface area contributed by atoms with Crippen molar-refractivity contribution in [2.45, 2.75) is 12.3 Å². The van der Waals surface area contributed by atoms with E-state index in [4.69, 9.17) is 4.74 Å². The molecule has 1 fully saturated rings. The van der Waals surface area contributed by atoms with Crippen LogP contribution in [0.3, 0.4) is 0 Å². The van der Waals surface area contributed by atoms with Crippen LogP contribution in [0.15, 0.2) is 24.3 Å². The number of hydrogen-bond acceptors (Lipinski definition) is 4. The normalized spacial score (nSPS) is 24.4. The maximum atomic E-state index is 13.4. The molecule has 0 spiro atoms. The van der Waals surface area contributed by atoms with Gasteiger partial charge in [0, 0.05) is 5.56 Å². The molecule has 0 bridgehead atoms. The molecular weight excluding hydrogens is 213 g/mol. The molecule has 0 saturated carbocycles. The van der Waals surface area contributed by atoms with Gasteiger partial charge in [-0.3, -0.25) is 10.1 Å². The van der Waals surface area contributed by atoms with Crippen LogP contribution in [0.2, 0.25) is 0 Å². The largest absolute Gasteiger partial charge is 0.468 e. The van der Waals surface area contributed by atoms with E-state index in [-0.39, 0.29) is 12.4 Å². The van der Waals surface area contributed by atoms with Crippen molar-refractivity contribution in [2.24, 2.45) is 0 Å². The van der Waals surface area contributed by atoms with Crippen LogP contribution in [0.25, 0.3) is 0 Å². The Morgan fingerprint density at radius 1 is 1.56 bits per heavy atom. The van der Waals surface area contributed by atoms with Crippen molar-refractivity contribution in [3.8, 4) is 0 Å². The van der Waals surface area contributed by atoms with Gasteiger partial charge in [-0.15, -0.1) is 0 Å². The molecule has 16 heavy (non-hydrogen) atoms. The summed E-state index contributed by atoms with van der Waals surface area (Å²) in [6.07, 6.45) is -0.592. The number of carbonyl (C=O) groups is 1. The molecule has 0 aromatic heterocycles. The van der Waals surface area contributed by atoms with Gasteiger partial charge in [0.25, 0.3) is 0 Å². The Morgan fingerprint density at radius 3 is 3.00 bits per heavy atom. The standard InChI is InChI=1S/C11H12FNO3/c1-15-11(14)9-6-16-10(13-9)7-4-2-3-5-8(7)12/h2-5,9-10,13H,6H2,1H3. The van der Waals surface area contributed by atoms with Crippen LogP contribution in [0, 0.1) is 5.82 Å². The third kappa shape index (κ3) is 2.05. The molecule has 1 saturated heterocycles. The summed E-state index contributed by atoms with van der Waals surface area (Å²) in [4.78, 5) is 11.2. The van der Waals surface area contributed by atoms with Crippen LogP contribution in [0.4, 0.5) is 4.39 Å². The zero-order chi connectivity index (χ0) is 11.5. The number of benzene rings is 1. The first kappa shape index (κ1) is 11.0. The number of rotatable bonds is 2. The molecule has 4 nitrogen and oxygen atoms in total. The number of esters is 1. The van der Waals surface area contributed by atoms with Crippen LogP contribution in [0.5, 0.6) is 0 Å². The molecule has 1 aromatic rings. The predicted molar refractivity (Wildman–Crippen MR) is 54.0 cm³/mol. The maximum absolute atomic E-state index is 13.4. The zero-order valence-electron chi connectivity index (χ0n) is 8.77. The number of carbonyl (C=O) groups excluding carboxylic acids is 1. The van der Waals surface area contributed by atoms with Gasteiger partial charge >= 0.3 is 5.97 Å². The van der Waals surface area contributed by atoms with Gasteiger partial charge in [-0.25, -0.2) is 4.39 Å². The molecule has 86 valence electrons. The molecular formula is C11H12FNO3. The van der Waals surface area contributed by atoms with E-state index in [0.717, 1.165) is 0 Å². The van der Waals surface area contributed by atoms with Gasteiger partial charge in [-0.2, -0.15) is 0 Å². The van der Waals surface area contributed by atoms with E-state index in [1.165, 1.54) is 13.2 Å². The summed E-state index contributed by atoms with van der Waals surface area (Å²) in [5.41, 5.74) is 0.397. The number of ether oxygens (including phenoxy) is 2. The summed E-state index contributed by atoms with van der Waals surface area (Å²) in [6.45, 7) is 0.186. The van der Waals surface area contributed by atoms with Crippen LogP contribution in [0.1, 0.15) is 11.8 Å². The molecule has 1 aliphatic heterocycles. The van der Waals surface area contributed by atoms with E-state index in [2.05, 4.69) is 10.1 Å². The second-order valence-corrected chi connectivity index (χ2v) is 3.48. The lowest BCUT2D eigenvalue weighted by atomic mass is 10.2. The highest BCUT2D eigenvalue weighted by molar-refractivity contribution is 5.76. The van der Waals surface area contributed by atoms with Crippen molar-refractivity contribution in [1.29, 1.82) is 0 Å². The fourth-order valence-electron chi connectivity index (χ4n) is 1.62. The van der Waals surface area contributed by atoms with E-state index in [1.807, 2.05) is 0 Å². The van der Waals surface area contributed by atoms with Gasteiger partial charge in [0.1, 0.15) is 18.1 Å². The summed E-state index contributed by atoms with van der Waals surface area (Å²) >= 11 is 0. The Kier molecular flexibility index (Phi) is 3.17. The molecule has 5 heteroatoms. The summed E-state index contributed by atoms with van der Waals surface area (Å²) < 4.78 is 23.3. The summed E-state index contributed by atoms with van der Waals surface area (Å²) in [5.74, 6) is -0.760. The van der Waals surface area contributed by atoms with Gasteiger partial charge in [-0.05, 0) is 6.07 Å². The van der Waals surface area contributed by atoms with E-state index in [9.17, 15) is 9.18 Å². The Bertz CT molecular complexity index is 397. The SMILES string of the molecule is COC(=O)C1COC(c2ccccc2F)N1. The molecule has 2 rings (SSSR count). The van der Waals surface area contributed by atoms with Gasteiger partial charge < -0.3 is 9.47 Å². The highest BCUT2D eigenvalue weighted by Gasteiger charge is 2.32. The fraction of sp³-hybridized carbons (Fsp3) is 0.364. The van der Waals surface area contributed by atoms with Crippen LogP contribution in [-0.2, 0) is 14.3 Å². The molecule has 2 unspecified atom stereocenters. The molecule has 0 amide bonds. The topological polar surface area (TPSA) is 47.6 Å². The van der Waals surface area contributed by atoms with Gasteiger partial charge in [-0.1, -0.05) is 18.2 Å². The second-order valence-electron chi connectivity index (χ2n) is 3.48. The summed E-state index contributed by atoms with van der Waals surface area (Å²) in [5, 5.41) is 2.86. The fourth-order valence-corrected chi connectivity index (χ4v) is 1.62. The van der Waals surface area contributed by atoms with Crippen molar-refractivity contribution in [1.82, 2.24) is 5.32 Å². The van der Waals surface area contributed by atoms with Gasteiger partial charge in [0.15, 0.2) is 0 Å². The molecule has 1 N–H and O–H groups in total. The predicted octanol–water partition coefficient (Wildman–Crippen LogP) is 0.986. The maximum Gasteiger partial charge on any atom is 0.325 e. The molecule has 1 heterocycles. The van der Waals surface area contributed by atoms with E-state index in [1.54, 1.807) is 18.2 Å². The molecule has 0 aliphatic carbocycles. The van der Waals surface area contributed by atoms with Gasteiger partial charge in [0.05, 0.1) is 13.7 Å². The number of nitrogens with one attached hydrogen (secondary N) is 1. The molecule has 2 atom stereocenters. The minimum absolute atomic E-state index is 0.186. The summed E-state index contributed by atoms with van der Waals surface area (Å²) in [6, 6.07) is 5.76. The highest BCUT2D eigenvalue weighted by atomic mass is 19.1. The Morgan fingerprint density at radius 2 is 2.31 bits per heavy atom. The first-order chi connectivity index (χ1) is 7.72. The average molecular weight is 225 g/mol. The smallest absolute Gasteiger partial charge is 0.325 e. The zero-order valence-corrected chi connectivity index (χ0v) is 8.77. The van der Waals surface area contributed by atoms with E-state index < -0.39 is 18.2 Å². The van der Waals surface area contributed by atoms with Crippen LogP contribution >= 0.6 is 0 Å². The monoisotopic (exact) mass is 225 g/mol. The molecule has 1 aliphatic rings. The summed E-state index contributed by atoms with van der Waals surface area (Å²) in [7, 11) is 1.31. The second kappa shape index (κ2) is 4.59. The first-order valence-electron chi connectivity index (χ1n) is 4.92. The lowest BCUT2D eigenvalue weighted by molar-refractivity contribution is -0.142. The minimum Gasteiger partial charge on any atom is -0.468 e. The number of halogens is 1. The average Bonchev–Trinajstić information content (AvgIpc) is 2.78. The highest BCUT2D eigenvalue weighted by Crippen LogP contribution is 2.23. The Balaban J connectivity index is 2.09. The number of hydrogen-bond donors (Lipinski definition) is 1. The van der Waals surface area contributed by atoms with Crippen molar-refractivity contribution in [3.63, 3.8) is 0 Å². The quantitative estimate of drug-likeness (QED) is 0.762. The van der Waals surface area contributed by atoms with Crippen molar-refractivity contribution < 1.29 is 18.7 Å². The van der Waals surface area contributed by atoms with E-state index in [0.29, 0.717) is 5.56 Å². The van der Waals surface area contributed by atoms with Crippen molar-refractivity contribution >= 4 is 5.97 Å². The Hall–Kier alpha value is -1.46. The molecule has 0 radical (unpaired) electrons. The third-order valence-corrected chi connectivity index (χ3v) is 2.46. The Labute approximate surface area is 92.4 Å². The van der Waals surface area contributed by atoms with Crippen LogP contribution in [-0.4, -0.2) is 25.7 Å². The van der Waals surface area contributed by atoms with Crippen molar-refractivity contribution in [3.05, 3.63) is 35.6 Å². The lowest BCUT2D eigenvalue weighted by Gasteiger charge is -2.11. The van der Waals surface area contributed by atoms with Gasteiger partial charge in [0.2, 0.25) is 0 Å². The number of methoxy groups -OCH3 is 1. The third-order valence-electron chi connectivity index (χ3n) is 2.46.